The first kappa shape index (κ1) is 19.9. The van der Waals surface area contributed by atoms with Crippen LogP contribution in [-0.2, 0) is 10.3 Å². The molecule has 8 heteroatoms. The lowest BCUT2D eigenvalue weighted by Crippen LogP contribution is -2.40. The third kappa shape index (κ3) is 4.71. The van der Waals surface area contributed by atoms with Crippen LogP contribution in [0.15, 0.2) is 36.5 Å². The predicted molar refractivity (Wildman–Crippen MR) is 105 cm³/mol. The van der Waals surface area contributed by atoms with Crippen molar-refractivity contribution in [3.05, 3.63) is 57.7 Å². The van der Waals surface area contributed by atoms with Crippen LogP contribution in [0.3, 0.4) is 0 Å². The molecule has 1 atom stereocenters. The summed E-state index contributed by atoms with van der Waals surface area (Å²) < 4.78 is 5.26. The predicted octanol–water partition coefficient (Wildman–Crippen LogP) is 3.18. The van der Waals surface area contributed by atoms with Gasteiger partial charge in [-0.05, 0) is 19.1 Å². The summed E-state index contributed by atoms with van der Waals surface area (Å²) in [5, 5.41) is 14.6. The number of halogens is 2. The van der Waals surface area contributed by atoms with E-state index in [4.69, 9.17) is 27.9 Å². The summed E-state index contributed by atoms with van der Waals surface area (Å²) in [6, 6.07) is 8.69. The smallest absolute Gasteiger partial charge is 0.255 e. The Hall–Kier alpha value is -1.86. The number of aromatic nitrogens is 1. The van der Waals surface area contributed by atoms with Crippen molar-refractivity contribution in [2.75, 3.05) is 38.2 Å². The minimum absolute atomic E-state index is 0.123. The maximum Gasteiger partial charge on any atom is 0.255 e. The van der Waals surface area contributed by atoms with Crippen molar-refractivity contribution < 1.29 is 14.6 Å². The Bertz CT molecular complexity index is 824. The van der Waals surface area contributed by atoms with Gasteiger partial charge in [0.15, 0.2) is 0 Å². The van der Waals surface area contributed by atoms with E-state index in [0.29, 0.717) is 53.3 Å². The van der Waals surface area contributed by atoms with Crippen LogP contribution in [0.4, 0.5) is 5.82 Å². The largest absolute Gasteiger partial charge is 0.384 e. The number of morpholine rings is 1. The van der Waals surface area contributed by atoms with E-state index < -0.39 is 5.60 Å². The molecule has 1 aromatic carbocycles. The van der Waals surface area contributed by atoms with Gasteiger partial charge in [0.1, 0.15) is 11.4 Å². The number of hydrogen-bond donors (Lipinski definition) is 2. The van der Waals surface area contributed by atoms with Crippen LogP contribution >= 0.6 is 23.2 Å². The van der Waals surface area contributed by atoms with Gasteiger partial charge in [0.2, 0.25) is 0 Å². The highest BCUT2D eigenvalue weighted by Gasteiger charge is 2.26. The second-order valence-corrected chi connectivity index (χ2v) is 7.38. The molecule has 0 spiro atoms. The number of carbonyl (C=O) groups excluding carboxylic acids is 1. The Balaban J connectivity index is 1.69. The molecule has 0 saturated carbocycles. The van der Waals surface area contributed by atoms with Gasteiger partial charge in [0.05, 0.1) is 23.8 Å². The van der Waals surface area contributed by atoms with Gasteiger partial charge in [-0.3, -0.25) is 4.79 Å². The number of pyridine rings is 1. The Morgan fingerprint density at radius 2 is 2.00 bits per heavy atom. The molecular weight excluding hydrogens is 389 g/mol. The second-order valence-electron chi connectivity index (χ2n) is 6.57. The average molecular weight is 410 g/mol. The zero-order valence-electron chi connectivity index (χ0n) is 14.9. The van der Waals surface area contributed by atoms with Crippen LogP contribution in [0.1, 0.15) is 22.8 Å². The highest BCUT2D eigenvalue weighted by molar-refractivity contribution is 6.33. The van der Waals surface area contributed by atoms with Crippen LogP contribution in [0.2, 0.25) is 10.0 Å². The monoisotopic (exact) mass is 409 g/mol. The molecule has 1 aromatic heterocycles. The summed E-state index contributed by atoms with van der Waals surface area (Å²) >= 11 is 12.5. The fourth-order valence-electron chi connectivity index (χ4n) is 2.88. The molecule has 27 heavy (non-hydrogen) atoms. The first-order chi connectivity index (χ1) is 12.9. The lowest BCUT2D eigenvalue weighted by atomic mass is 9.96. The van der Waals surface area contributed by atoms with Crippen molar-refractivity contribution >= 4 is 34.9 Å². The molecule has 0 bridgehead atoms. The Morgan fingerprint density at radius 1 is 1.30 bits per heavy atom. The standard InChI is InChI=1S/C19H21Cl2N3O3/c1-19(26,14-4-2-3-5-15(14)20)12-23-17-16(21)10-13(11-22-17)18(25)24-6-8-27-9-7-24/h2-5,10-11,26H,6-9,12H2,1H3,(H,22,23). The molecular formula is C19H21Cl2N3O3. The Labute approximate surface area is 168 Å². The Morgan fingerprint density at radius 3 is 2.67 bits per heavy atom. The van der Waals surface area contributed by atoms with E-state index >= 15 is 0 Å². The Kier molecular flexibility index (Phi) is 6.22. The van der Waals surface area contributed by atoms with Crippen LogP contribution in [0, 0.1) is 0 Å². The molecule has 1 aliphatic heterocycles. The molecule has 0 aliphatic carbocycles. The van der Waals surface area contributed by atoms with E-state index in [9.17, 15) is 9.90 Å². The quantitative estimate of drug-likeness (QED) is 0.792. The number of carbonyl (C=O) groups is 1. The zero-order chi connectivity index (χ0) is 19.4. The molecule has 1 fully saturated rings. The summed E-state index contributed by atoms with van der Waals surface area (Å²) in [4.78, 5) is 18.5. The van der Waals surface area contributed by atoms with E-state index in [1.165, 1.54) is 6.20 Å². The number of aliphatic hydroxyl groups is 1. The SMILES string of the molecule is CC(O)(CNc1ncc(C(=O)N2CCOCC2)cc1Cl)c1ccccc1Cl. The fourth-order valence-corrected chi connectivity index (χ4v) is 3.46. The highest BCUT2D eigenvalue weighted by atomic mass is 35.5. The van der Waals surface area contributed by atoms with Crippen molar-refractivity contribution in [1.82, 2.24) is 9.88 Å². The molecule has 1 saturated heterocycles. The third-order valence-electron chi connectivity index (χ3n) is 4.44. The van der Waals surface area contributed by atoms with Crippen molar-refractivity contribution in [2.24, 2.45) is 0 Å². The molecule has 144 valence electrons. The number of amides is 1. The van der Waals surface area contributed by atoms with Crippen LogP contribution < -0.4 is 5.32 Å². The van der Waals surface area contributed by atoms with Gasteiger partial charge in [-0.2, -0.15) is 0 Å². The summed E-state index contributed by atoms with van der Waals surface area (Å²) in [6.07, 6.45) is 1.48. The molecule has 3 rings (SSSR count). The molecule has 1 aliphatic rings. The molecule has 2 heterocycles. The van der Waals surface area contributed by atoms with Gasteiger partial charge >= 0.3 is 0 Å². The number of anilines is 1. The normalized spacial score (nSPS) is 16.7. The van der Waals surface area contributed by atoms with Crippen LogP contribution in [0.25, 0.3) is 0 Å². The second kappa shape index (κ2) is 8.44. The van der Waals surface area contributed by atoms with Gasteiger partial charge in [0, 0.05) is 36.4 Å². The number of benzene rings is 1. The van der Waals surface area contributed by atoms with E-state index in [1.807, 2.05) is 6.07 Å². The molecule has 1 amide bonds. The average Bonchev–Trinajstić information content (AvgIpc) is 2.67. The van der Waals surface area contributed by atoms with Crippen molar-refractivity contribution in [3.63, 3.8) is 0 Å². The molecule has 1 unspecified atom stereocenters. The topological polar surface area (TPSA) is 74.7 Å². The lowest BCUT2D eigenvalue weighted by Gasteiger charge is -2.27. The summed E-state index contributed by atoms with van der Waals surface area (Å²) in [7, 11) is 0. The van der Waals surface area contributed by atoms with Crippen LogP contribution in [-0.4, -0.2) is 53.7 Å². The summed E-state index contributed by atoms with van der Waals surface area (Å²) in [5.74, 6) is 0.268. The number of nitrogens with one attached hydrogen (secondary N) is 1. The van der Waals surface area contributed by atoms with Gasteiger partial charge < -0.3 is 20.1 Å². The number of nitrogens with zero attached hydrogens (tertiary/aromatic N) is 2. The number of rotatable bonds is 5. The molecule has 2 aromatic rings. The number of hydrogen-bond acceptors (Lipinski definition) is 5. The van der Waals surface area contributed by atoms with E-state index in [2.05, 4.69) is 10.3 Å². The van der Waals surface area contributed by atoms with Crippen molar-refractivity contribution in [3.8, 4) is 0 Å². The lowest BCUT2D eigenvalue weighted by molar-refractivity contribution is 0.0302. The van der Waals surface area contributed by atoms with Crippen molar-refractivity contribution in [2.45, 2.75) is 12.5 Å². The van der Waals surface area contributed by atoms with Gasteiger partial charge in [-0.25, -0.2) is 4.98 Å². The first-order valence-corrected chi connectivity index (χ1v) is 9.38. The minimum Gasteiger partial charge on any atom is -0.384 e. The van der Waals surface area contributed by atoms with E-state index in [-0.39, 0.29) is 12.5 Å². The van der Waals surface area contributed by atoms with Gasteiger partial charge in [-0.1, -0.05) is 41.4 Å². The molecule has 0 radical (unpaired) electrons. The maximum atomic E-state index is 12.5. The summed E-state index contributed by atoms with van der Waals surface area (Å²) in [5.41, 5.74) is -0.189. The van der Waals surface area contributed by atoms with Gasteiger partial charge in [-0.15, -0.1) is 0 Å². The third-order valence-corrected chi connectivity index (χ3v) is 5.06. The van der Waals surface area contributed by atoms with Crippen molar-refractivity contribution in [1.29, 1.82) is 0 Å². The van der Waals surface area contributed by atoms with E-state index in [1.54, 1.807) is 36.1 Å². The highest BCUT2D eigenvalue weighted by Crippen LogP contribution is 2.29. The van der Waals surface area contributed by atoms with Gasteiger partial charge in [0.25, 0.3) is 5.91 Å². The zero-order valence-corrected chi connectivity index (χ0v) is 16.4. The molecule has 6 nitrogen and oxygen atoms in total. The number of ether oxygens (including phenoxy) is 1. The maximum absolute atomic E-state index is 12.5. The fraction of sp³-hybridized carbons (Fsp3) is 0.368. The molecule has 2 N–H and O–H groups in total. The summed E-state index contributed by atoms with van der Waals surface area (Å²) in [6.45, 7) is 3.98. The first-order valence-electron chi connectivity index (χ1n) is 8.62. The van der Waals surface area contributed by atoms with E-state index in [0.717, 1.165) is 0 Å². The van der Waals surface area contributed by atoms with Crippen LogP contribution in [0.5, 0.6) is 0 Å². The minimum atomic E-state index is -1.22.